The Bertz CT molecular complexity index is 703. The number of nitrogens with zero attached hydrogens (tertiary/aromatic N) is 5. The summed E-state index contributed by atoms with van der Waals surface area (Å²) in [5.41, 5.74) is 1.21. The third kappa shape index (κ3) is 4.89. The van der Waals surface area contributed by atoms with Crippen LogP contribution in [0.5, 0.6) is 0 Å². The van der Waals surface area contributed by atoms with Crippen LogP contribution in [0.4, 0.5) is 0 Å². The molecule has 7 heteroatoms. The van der Waals surface area contributed by atoms with Crippen molar-refractivity contribution in [1.29, 1.82) is 0 Å². The van der Waals surface area contributed by atoms with Crippen LogP contribution in [0.2, 0.25) is 0 Å². The van der Waals surface area contributed by atoms with Gasteiger partial charge in [-0.25, -0.2) is 4.98 Å². The molecule has 0 aromatic carbocycles. The van der Waals surface area contributed by atoms with Gasteiger partial charge in [0.1, 0.15) is 5.82 Å². The Hall–Kier alpha value is -2.25. The fraction of sp³-hybridized carbons (Fsp3) is 0.526. The molecule has 7 nitrogen and oxygen atoms in total. The van der Waals surface area contributed by atoms with Crippen LogP contribution >= 0.6 is 0 Å². The number of pyridine rings is 1. The molecule has 140 valence electrons. The summed E-state index contributed by atoms with van der Waals surface area (Å²) in [5, 5.41) is 0. The highest BCUT2D eigenvalue weighted by Crippen LogP contribution is 2.15. The molecule has 3 heterocycles. The van der Waals surface area contributed by atoms with E-state index in [1.54, 1.807) is 11.1 Å². The molecule has 1 saturated heterocycles. The molecule has 0 radical (unpaired) electrons. The molecule has 3 rings (SSSR count). The smallest absolute Gasteiger partial charge is 0.224 e. The van der Waals surface area contributed by atoms with Crippen molar-refractivity contribution in [3.8, 4) is 0 Å². The van der Waals surface area contributed by atoms with E-state index in [1.165, 1.54) is 5.56 Å². The number of rotatable bonds is 7. The molecule has 1 aliphatic heterocycles. The summed E-state index contributed by atoms with van der Waals surface area (Å²) >= 11 is 0. The zero-order valence-corrected chi connectivity index (χ0v) is 15.5. The van der Waals surface area contributed by atoms with Crippen LogP contribution in [0.15, 0.2) is 36.9 Å². The predicted molar refractivity (Wildman–Crippen MR) is 98.5 cm³/mol. The lowest BCUT2D eigenvalue weighted by molar-refractivity contribution is -0.133. The third-order valence-electron chi connectivity index (χ3n) is 4.92. The normalized spacial score (nSPS) is 18.0. The van der Waals surface area contributed by atoms with E-state index in [4.69, 9.17) is 4.74 Å². The number of hydrogen-bond acceptors (Lipinski definition) is 5. The lowest BCUT2D eigenvalue weighted by Gasteiger charge is -2.36. The van der Waals surface area contributed by atoms with Gasteiger partial charge < -0.3 is 14.2 Å². The highest BCUT2D eigenvalue weighted by atomic mass is 16.5. The van der Waals surface area contributed by atoms with Crippen molar-refractivity contribution in [3.05, 3.63) is 48.3 Å². The number of ether oxygens (including phenoxy) is 1. The second kappa shape index (κ2) is 8.91. The van der Waals surface area contributed by atoms with Crippen LogP contribution in [0.25, 0.3) is 0 Å². The van der Waals surface area contributed by atoms with Gasteiger partial charge in [0.05, 0.1) is 13.2 Å². The topological polar surface area (TPSA) is 63.5 Å². The molecule has 1 atom stereocenters. The molecule has 0 spiro atoms. The molecule has 0 aliphatic carbocycles. The SMILES string of the molecule is Cc1nccn1CCN(C)C(=O)CC1COCCN1Cc1ccncc1. The van der Waals surface area contributed by atoms with E-state index >= 15 is 0 Å². The largest absolute Gasteiger partial charge is 0.378 e. The maximum Gasteiger partial charge on any atom is 0.224 e. The third-order valence-corrected chi connectivity index (χ3v) is 4.92. The van der Waals surface area contributed by atoms with Gasteiger partial charge in [-0.1, -0.05) is 0 Å². The second-order valence-corrected chi connectivity index (χ2v) is 6.74. The van der Waals surface area contributed by atoms with E-state index in [9.17, 15) is 4.79 Å². The maximum atomic E-state index is 12.7. The Kier molecular flexibility index (Phi) is 6.35. The van der Waals surface area contributed by atoms with Crippen LogP contribution in [-0.4, -0.2) is 69.6 Å². The summed E-state index contributed by atoms with van der Waals surface area (Å²) in [4.78, 5) is 25.1. The quantitative estimate of drug-likeness (QED) is 0.748. The molecular formula is C19H27N5O2. The molecule has 26 heavy (non-hydrogen) atoms. The number of aryl methyl sites for hydroxylation is 1. The van der Waals surface area contributed by atoms with Gasteiger partial charge in [0.25, 0.3) is 0 Å². The monoisotopic (exact) mass is 357 g/mol. The summed E-state index contributed by atoms with van der Waals surface area (Å²) in [6.07, 6.45) is 7.82. The lowest BCUT2D eigenvalue weighted by Crippen LogP contribution is -2.47. The average Bonchev–Trinajstić information content (AvgIpc) is 3.07. The van der Waals surface area contributed by atoms with E-state index in [2.05, 4.69) is 19.4 Å². The first-order valence-corrected chi connectivity index (χ1v) is 9.06. The molecule has 1 unspecified atom stereocenters. The summed E-state index contributed by atoms with van der Waals surface area (Å²) in [6.45, 7) is 6.39. The minimum atomic E-state index is 0.113. The van der Waals surface area contributed by atoms with Crippen LogP contribution in [0, 0.1) is 6.92 Å². The van der Waals surface area contributed by atoms with Crippen molar-refractivity contribution in [2.45, 2.75) is 32.5 Å². The van der Waals surface area contributed by atoms with Gasteiger partial charge in [-0.15, -0.1) is 0 Å². The number of hydrogen-bond donors (Lipinski definition) is 0. The number of morpholine rings is 1. The fourth-order valence-electron chi connectivity index (χ4n) is 3.19. The standard InChI is InChI=1S/C19H27N5O2/c1-16-21-7-8-23(16)10-9-22(2)19(25)13-18-15-26-12-11-24(18)14-17-3-5-20-6-4-17/h3-8,18H,9-15H2,1-2H3. The summed E-state index contributed by atoms with van der Waals surface area (Å²) in [6, 6.07) is 4.16. The first kappa shape index (κ1) is 18.5. The Morgan fingerprint density at radius 2 is 2.15 bits per heavy atom. The van der Waals surface area contributed by atoms with Crippen LogP contribution in [0.1, 0.15) is 17.8 Å². The molecular weight excluding hydrogens is 330 g/mol. The van der Waals surface area contributed by atoms with E-state index in [1.807, 2.05) is 44.7 Å². The molecule has 0 N–H and O–H groups in total. The first-order chi connectivity index (χ1) is 12.6. The summed E-state index contributed by atoms with van der Waals surface area (Å²) in [5.74, 6) is 1.12. The van der Waals surface area contributed by atoms with E-state index in [0.29, 0.717) is 26.2 Å². The molecule has 1 aliphatic rings. The van der Waals surface area contributed by atoms with Crippen molar-refractivity contribution in [3.63, 3.8) is 0 Å². The first-order valence-electron chi connectivity index (χ1n) is 9.06. The second-order valence-electron chi connectivity index (χ2n) is 6.74. The zero-order valence-electron chi connectivity index (χ0n) is 15.5. The Morgan fingerprint density at radius 1 is 1.35 bits per heavy atom. The molecule has 2 aromatic rings. The number of amides is 1. The van der Waals surface area contributed by atoms with Gasteiger partial charge in [-0.3, -0.25) is 14.7 Å². The summed E-state index contributed by atoms with van der Waals surface area (Å²) < 4.78 is 7.69. The highest BCUT2D eigenvalue weighted by molar-refractivity contribution is 5.76. The minimum absolute atomic E-state index is 0.113. The van der Waals surface area contributed by atoms with Crippen molar-refractivity contribution < 1.29 is 9.53 Å². The van der Waals surface area contributed by atoms with E-state index in [-0.39, 0.29) is 11.9 Å². The number of imidazole rings is 1. The van der Waals surface area contributed by atoms with Crippen LogP contribution in [0.3, 0.4) is 0 Å². The van der Waals surface area contributed by atoms with Crippen LogP contribution in [-0.2, 0) is 22.6 Å². The Morgan fingerprint density at radius 3 is 2.88 bits per heavy atom. The molecule has 1 amide bonds. The fourth-order valence-corrected chi connectivity index (χ4v) is 3.19. The number of carbonyl (C=O) groups is 1. The zero-order chi connectivity index (χ0) is 18.4. The Labute approximate surface area is 154 Å². The Balaban J connectivity index is 1.53. The van der Waals surface area contributed by atoms with Crippen molar-refractivity contribution in [2.24, 2.45) is 0 Å². The van der Waals surface area contributed by atoms with Gasteiger partial charge in [-0.2, -0.15) is 0 Å². The van der Waals surface area contributed by atoms with Gasteiger partial charge in [0, 0.05) is 70.5 Å². The maximum absolute atomic E-state index is 12.7. The molecule has 0 bridgehead atoms. The van der Waals surface area contributed by atoms with Gasteiger partial charge in [-0.05, 0) is 24.6 Å². The van der Waals surface area contributed by atoms with Crippen LogP contribution < -0.4 is 0 Å². The number of carbonyl (C=O) groups excluding carboxylic acids is 1. The van der Waals surface area contributed by atoms with E-state index in [0.717, 1.165) is 25.5 Å². The van der Waals surface area contributed by atoms with Crippen molar-refractivity contribution >= 4 is 5.91 Å². The predicted octanol–water partition coefficient (Wildman–Crippen LogP) is 1.34. The lowest BCUT2D eigenvalue weighted by atomic mass is 10.1. The number of likely N-dealkylation sites (N-methyl/N-ethyl adjacent to an activating group) is 1. The van der Waals surface area contributed by atoms with E-state index < -0.39 is 0 Å². The van der Waals surface area contributed by atoms with Crippen molar-refractivity contribution in [2.75, 3.05) is 33.4 Å². The van der Waals surface area contributed by atoms with Gasteiger partial charge >= 0.3 is 0 Å². The average molecular weight is 357 g/mol. The molecule has 1 fully saturated rings. The molecule has 2 aromatic heterocycles. The highest BCUT2D eigenvalue weighted by Gasteiger charge is 2.26. The van der Waals surface area contributed by atoms with Crippen molar-refractivity contribution in [1.82, 2.24) is 24.3 Å². The summed E-state index contributed by atoms with van der Waals surface area (Å²) in [7, 11) is 1.87. The number of aromatic nitrogens is 3. The minimum Gasteiger partial charge on any atom is -0.378 e. The van der Waals surface area contributed by atoms with Gasteiger partial charge in [0.2, 0.25) is 5.91 Å². The van der Waals surface area contributed by atoms with Gasteiger partial charge in [0.15, 0.2) is 0 Å². The molecule has 0 saturated carbocycles.